The van der Waals surface area contributed by atoms with Gasteiger partial charge in [0.15, 0.2) is 0 Å². The number of morpholine rings is 1. The first-order valence-corrected chi connectivity index (χ1v) is 7.83. The summed E-state index contributed by atoms with van der Waals surface area (Å²) in [5, 5.41) is 0. The molecule has 0 N–H and O–H groups in total. The average molecular weight is 321 g/mol. The van der Waals surface area contributed by atoms with Gasteiger partial charge in [-0.05, 0) is 26.0 Å². The summed E-state index contributed by atoms with van der Waals surface area (Å²) in [5.41, 5.74) is -0.196. The summed E-state index contributed by atoms with van der Waals surface area (Å²) >= 11 is 0. The number of hydrogen-bond acceptors (Lipinski definition) is 3. The van der Waals surface area contributed by atoms with Crippen LogP contribution in [0.1, 0.15) is 12.5 Å². The van der Waals surface area contributed by atoms with Crippen LogP contribution in [0.15, 0.2) is 29.2 Å². The monoisotopic (exact) mass is 321 g/mol. The van der Waals surface area contributed by atoms with Crippen molar-refractivity contribution >= 4 is 10.0 Å². The molecular weight excluding hydrogens is 307 g/mol. The molecule has 0 spiro atoms. The van der Waals surface area contributed by atoms with Gasteiger partial charge in [-0.1, -0.05) is 17.7 Å². The third-order valence-corrected chi connectivity index (χ3v) is 5.81. The number of rotatable bonds is 2. The lowest BCUT2D eigenvalue weighted by Gasteiger charge is -2.28. The molecule has 2 fully saturated rings. The first-order valence-electron chi connectivity index (χ1n) is 6.39. The Balaban J connectivity index is 2.00. The largest absolute Gasteiger partial charge is 0.407 e. The van der Waals surface area contributed by atoms with E-state index in [9.17, 15) is 21.6 Å². The maximum absolute atomic E-state index is 13.2. The summed E-state index contributed by atoms with van der Waals surface area (Å²) in [6, 6.07) is 3.65. The zero-order valence-electron chi connectivity index (χ0n) is 11.4. The van der Waals surface area contributed by atoms with Crippen molar-refractivity contribution in [3.63, 3.8) is 0 Å². The van der Waals surface area contributed by atoms with Gasteiger partial charge in [0.2, 0.25) is 10.0 Å². The topological polar surface area (TPSA) is 49.9 Å². The predicted molar refractivity (Wildman–Crippen MR) is 68.2 cm³/mol. The van der Waals surface area contributed by atoms with Gasteiger partial charge < -0.3 is 4.74 Å². The molecule has 0 unspecified atom stereocenters. The molecule has 2 aliphatic heterocycles. The van der Waals surface area contributed by atoms with Crippen molar-refractivity contribution in [3.8, 4) is 0 Å². The third kappa shape index (κ3) is 2.25. The Morgan fingerprint density at radius 2 is 1.86 bits per heavy atom. The van der Waals surface area contributed by atoms with Gasteiger partial charge in [-0.2, -0.15) is 17.5 Å². The van der Waals surface area contributed by atoms with Gasteiger partial charge in [-0.15, -0.1) is 0 Å². The Hall–Kier alpha value is -1.12. The number of benzene rings is 1. The van der Waals surface area contributed by atoms with Crippen LogP contribution in [-0.4, -0.2) is 43.2 Å². The van der Waals surface area contributed by atoms with Gasteiger partial charge in [0.1, 0.15) is 17.7 Å². The molecule has 0 aromatic heterocycles. The predicted octanol–water partition coefficient (Wildman–Crippen LogP) is 2.09. The second-order valence-electron chi connectivity index (χ2n) is 5.70. The van der Waals surface area contributed by atoms with Gasteiger partial charge >= 0.3 is 6.18 Å². The van der Waals surface area contributed by atoms with Crippen molar-refractivity contribution in [1.82, 2.24) is 4.31 Å². The SMILES string of the molecule is Cc1ccc(S(=O)(=O)N2C[C@]3(C)O[C@@H]3[C@@H]2C(F)(F)F)cc1. The fourth-order valence-corrected chi connectivity index (χ4v) is 4.46. The van der Waals surface area contributed by atoms with E-state index in [1.807, 2.05) is 0 Å². The van der Waals surface area contributed by atoms with Crippen LogP contribution in [0, 0.1) is 6.92 Å². The van der Waals surface area contributed by atoms with E-state index < -0.39 is 33.9 Å². The maximum Gasteiger partial charge on any atom is 0.407 e. The maximum atomic E-state index is 13.2. The lowest BCUT2D eigenvalue weighted by Crippen LogP contribution is -2.48. The van der Waals surface area contributed by atoms with E-state index in [0.717, 1.165) is 5.56 Å². The molecule has 8 heteroatoms. The first-order chi connectivity index (χ1) is 9.56. The van der Waals surface area contributed by atoms with Gasteiger partial charge in [-0.25, -0.2) is 8.42 Å². The van der Waals surface area contributed by atoms with E-state index in [4.69, 9.17) is 4.74 Å². The van der Waals surface area contributed by atoms with Gasteiger partial charge in [0, 0.05) is 6.54 Å². The smallest absolute Gasteiger partial charge is 0.363 e. The van der Waals surface area contributed by atoms with Crippen LogP contribution in [0.25, 0.3) is 0 Å². The van der Waals surface area contributed by atoms with Gasteiger partial charge in [0.25, 0.3) is 0 Å². The minimum Gasteiger partial charge on any atom is -0.363 e. The lowest BCUT2D eigenvalue weighted by atomic mass is 10.1. The molecule has 1 aromatic rings. The highest BCUT2D eigenvalue weighted by Crippen LogP contribution is 2.53. The molecule has 0 amide bonds. The molecule has 2 heterocycles. The molecule has 0 saturated carbocycles. The Bertz CT molecular complexity index is 671. The van der Waals surface area contributed by atoms with Crippen molar-refractivity contribution in [2.45, 2.75) is 42.7 Å². The van der Waals surface area contributed by atoms with Crippen LogP contribution >= 0.6 is 0 Å². The van der Waals surface area contributed by atoms with Crippen LogP contribution in [-0.2, 0) is 14.8 Å². The van der Waals surface area contributed by atoms with E-state index in [-0.39, 0.29) is 11.4 Å². The molecule has 0 bridgehead atoms. The lowest BCUT2D eigenvalue weighted by molar-refractivity contribution is -0.174. The minimum absolute atomic E-state index is 0.132. The summed E-state index contributed by atoms with van der Waals surface area (Å²) in [6.07, 6.45) is -5.77. The Morgan fingerprint density at radius 3 is 2.38 bits per heavy atom. The normalized spacial score (nSPS) is 33.0. The second kappa shape index (κ2) is 4.21. The van der Waals surface area contributed by atoms with E-state index in [2.05, 4.69) is 0 Å². The molecule has 21 heavy (non-hydrogen) atoms. The molecule has 3 rings (SSSR count). The number of aryl methyl sites for hydroxylation is 1. The number of alkyl halides is 3. The molecule has 2 aliphatic rings. The molecule has 116 valence electrons. The van der Waals surface area contributed by atoms with Crippen molar-refractivity contribution in [2.24, 2.45) is 0 Å². The zero-order chi connectivity index (χ0) is 15.6. The summed E-state index contributed by atoms with van der Waals surface area (Å²) in [7, 11) is -4.20. The molecule has 1 aromatic carbocycles. The zero-order valence-corrected chi connectivity index (χ0v) is 12.2. The highest BCUT2D eigenvalue weighted by atomic mass is 32.2. The standard InChI is InChI=1S/C13H14F3NO3S/c1-8-3-5-9(6-4-8)21(18,19)17-7-12(2)11(20-12)10(17)13(14,15)16/h3-6,10-11H,7H2,1-2H3/t10-,11-,12+/m1/s1. The average Bonchev–Trinajstić information content (AvgIpc) is 2.89. The van der Waals surface area contributed by atoms with E-state index in [1.54, 1.807) is 19.1 Å². The van der Waals surface area contributed by atoms with Crippen LogP contribution in [0.2, 0.25) is 0 Å². The van der Waals surface area contributed by atoms with E-state index in [1.165, 1.54) is 19.1 Å². The fraction of sp³-hybridized carbons (Fsp3) is 0.538. The summed E-state index contributed by atoms with van der Waals surface area (Å²) in [4.78, 5) is -0.132. The number of fused-ring (bicyclic) bond motifs is 1. The van der Waals surface area contributed by atoms with Crippen molar-refractivity contribution in [2.75, 3.05) is 6.54 Å². The van der Waals surface area contributed by atoms with Crippen molar-refractivity contribution in [3.05, 3.63) is 29.8 Å². The number of sulfonamides is 1. The third-order valence-electron chi connectivity index (χ3n) is 3.97. The first kappa shape index (κ1) is 14.8. The van der Waals surface area contributed by atoms with Gasteiger partial charge in [-0.3, -0.25) is 0 Å². The van der Waals surface area contributed by atoms with Crippen molar-refractivity contribution in [1.29, 1.82) is 0 Å². The molecule has 3 atom stereocenters. The fourth-order valence-electron chi connectivity index (χ4n) is 2.76. The number of halogens is 3. The van der Waals surface area contributed by atoms with Crippen LogP contribution < -0.4 is 0 Å². The molecule has 0 radical (unpaired) electrons. The highest BCUT2D eigenvalue weighted by Gasteiger charge is 2.73. The molecule has 0 aliphatic carbocycles. The van der Waals surface area contributed by atoms with Crippen LogP contribution in [0.3, 0.4) is 0 Å². The molecule has 2 saturated heterocycles. The Kier molecular flexibility index (Phi) is 2.96. The number of nitrogens with zero attached hydrogens (tertiary/aromatic N) is 1. The Morgan fingerprint density at radius 1 is 1.29 bits per heavy atom. The molecular formula is C13H14F3NO3S. The molecule has 4 nitrogen and oxygen atoms in total. The summed E-state index contributed by atoms with van der Waals surface area (Å²) < 4.78 is 70.1. The second-order valence-corrected chi connectivity index (χ2v) is 7.59. The van der Waals surface area contributed by atoms with Crippen molar-refractivity contribution < 1.29 is 26.3 Å². The Labute approximate surface area is 120 Å². The minimum atomic E-state index is -4.66. The van der Waals surface area contributed by atoms with E-state index >= 15 is 0 Å². The van der Waals surface area contributed by atoms with Gasteiger partial charge in [0.05, 0.1) is 4.90 Å². The number of hydrogen-bond donors (Lipinski definition) is 0. The number of ether oxygens (including phenoxy) is 1. The highest BCUT2D eigenvalue weighted by molar-refractivity contribution is 7.89. The summed E-state index contributed by atoms with van der Waals surface area (Å²) in [6.45, 7) is 2.99. The summed E-state index contributed by atoms with van der Waals surface area (Å²) in [5.74, 6) is 0. The van der Waals surface area contributed by atoms with Crippen LogP contribution in [0.4, 0.5) is 13.2 Å². The van der Waals surface area contributed by atoms with Crippen LogP contribution in [0.5, 0.6) is 0 Å². The van der Waals surface area contributed by atoms with E-state index in [0.29, 0.717) is 4.31 Å². The number of epoxide rings is 1. The quantitative estimate of drug-likeness (QED) is 0.784.